The third kappa shape index (κ3) is 2.08. The van der Waals surface area contributed by atoms with Crippen molar-refractivity contribution in [1.29, 1.82) is 0 Å². The largest absolute Gasteiger partial charge is 0.303 e. The predicted octanol–water partition coefficient (Wildman–Crippen LogP) is 3.14. The van der Waals surface area contributed by atoms with Crippen LogP contribution in [0.4, 0.5) is 0 Å². The summed E-state index contributed by atoms with van der Waals surface area (Å²) in [4.78, 5) is 24.0. The Bertz CT molecular complexity index is 694. The quantitative estimate of drug-likeness (QED) is 0.685. The fraction of sp³-hybridized carbons (Fsp3) is 0.650. The highest BCUT2D eigenvalue weighted by molar-refractivity contribution is 5.60. The first kappa shape index (κ1) is 15.8. The van der Waals surface area contributed by atoms with Crippen LogP contribution in [0.5, 0.6) is 0 Å². The topological polar surface area (TPSA) is 62.8 Å². The second-order valence-electron chi connectivity index (χ2n) is 8.61. The van der Waals surface area contributed by atoms with Gasteiger partial charge in [-0.3, -0.25) is 5.10 Å². The summed E-state index contributed by atoms with van der Waals surface area (Å²) in [5.41, 5.74) is 2.31. The summed E-state index contributed by atoms with van der Waals surface area (Å²) >= 11 is 0. The number of hydrogen-bond donors (Lipinski definition) is 1. The van der Waals surface area contributed by atoms with Gasteiger partial charge in [0.1, 0.15) is 12.6 Å². The first-order valence-electron chi connectivity index (χ1n) is 9.11. The molecule has 4 rings (SSSR count). The van der Waals surface area contributed by atoms with Crippen LogP contribution in [0.1, 0.15) is 44.4 Å². The molecule has 1 N–H and O–H groups in total. The Labute approximate surface area is 143 Å². The average molecular weight is 326 g/mol. The van der Waals surface area contributed by atoms with Crippen LogP contribution in [-0.2, 0) is 22.4 Å². The molecule has 0 unspecified atom stereocenters. The standard InChI is InChI=1S/C20H26N2O2/c1-19-6-3-4-16(19)15(12-24)17(5-7-19)20(2)9-13-10-21-22-18(13)8-14(20)11-23/h3,6,10-12,14-17H,4-5,7-9H2,1-2H3,(H,21,22)/t14-,15+,16+,17+,19-,20-/m1/s1. The number of aromatic nitrogens is 2. The van der Waals surface area contributed by atoms with Crippen molar-refractivity contribution in [3.8, 4) is 0 Å². The van der Waals surface area contributed by atoms with Crippen LogP contribution in [0, 0.1) is 34.5 Å². The van der Waals surface area contributed by atoms with Gasteiger partial charge in [-0.1, -0.05) is 26.0 Å². The Morgan fingerprint density at radius 2 is 2.08 bits per heavy atom. The molecule has 1 aromatic rings. The molecule has 6 atom stereocenters. The highest BCUT2D eigenvalue weighted by Gasteiger charge is 2.55. The summed E-state index contributed by atoms with van der Waals surface area (Å²) in [5.74, 6) is 0.658. The number of H-pyrrole nitrogens is 1. The molecule has 3 aliphatic carbocycles. The van der Waals surface area contributed by atoms with E-state index >= 15 is 0 Å². The van der Waals surface area contributed by atoms with E-state index in [-0.39, 0.29) is 28.6 Å². The predicted molar refractivity (Wildman–Crippen MR) is 91.3 cm³/mol. The Morgan fingerprint density at radius 3 is 2.83 bits per heavy atom. The van der Waals surface area contributed by atoms with E-state index in [1.165, 1.54) is 11.8 Å². The molecule has 1 fully saturated rings. The number of carbonyl (C=O) groups excluding carboxylic acids is 2. The molecule has 0 amide bonds. The summed E-state index contributed by atoms with van der Waals surface area (Å²) in [5, 5.41) is 7.21. The van der Waals surface area contributed by atoms with Crippen molar-refractivity contribution in [1.82, 2.24) is 10.2 Å². The highest BCUT2D eigenvalue weighted by atomic mass is 16.1. The Hall–Kier alpha value is -1.71. The normalized spacial score (nSPS) is 43.9. The number of nitrogens with one attached hydrogen (secondary N) is 1. The van der Waals surface area contributed by atoms with Crippen LogP contribution >= 0.6 is 0 Å². The summed E-state index contributed by atoms with van der Waals surface area (Å²) in [6, 6.07) is 0. The molecule has 0 aliphatic heterocycles. The van der Waals surface area contributed by atoms with Gasteiger partial charge in [-0.15, -0.1) is 0 Å². The maximum absolute atomic E-state index is 12.1. The number of rotatable bonds is 3. The maximum Gasteiger partial charge on any atom is 0.124 e. The van der Waals surface area contributed by atoms with Crippen LogP contribution in [0.2, 0.25) is 0 Å². The van der Waals surface area contributed by atoms with Crippen molar-refractivity contribution < 1.29 is 9.59 Å². The molecule has 3 aliphatic rings. The lowest BCUT2D eigenvalue weighted by Gasteiger charge is -2.53. The van der Waals surface area contributed by atoms with E-state index in [1.807, 2.05) is 6.20 Å². The molecular formula is C20H26N2O2. The highest BCUT2D eigenvalue weighted by Crippen LogP contribution is 2.59. The third-order valence-corrected chi connectivity index (χ3v) is 7.48. The van der Waals surface area contributed by atoms with Gasteiger partial charge in [0.2, 0.25) is 0 Å². The molecule has 0 spiro atoms. The number of aldehydes is 2. The van der Waals surface area contributed by atoms with E-state index in [0.29, 0.717) is 5.92 Å². The lowest BCUT2D eigenvalue weighted by Crippen LogP contribution is -2.51. The van der Waals surface area contributed by atoms with E-state index in [9.17, 15) is 9.59 Å². The molecule has 0 bridgehead atoms. The maximum atomic E-state index is 12.1. The van der Waals surface area contributed by atoms with Gasteiger partial charge >= 0.3 is 0 Å². The average Bonchev–Trinajstić information content (AvgIpc) is 3.17. The summed E-state index contributed by atoms with van der Waals surface area (Å²) in [7, 11) is 0. The summed E-state index contributed by atoms with van der Waals surface area (Å²) in [6.45, 7) is 4.52. The molecule has 1 heterocycles. The third-order valence-electron chi connectivity index (χ3n) is 7.48. The molecule has 1 saturated carbocycles. The SMILES string of the molecule is C[C@@]1([C@H]2CC[C@@]3(C)C=CC[C@H]3[C@@H]2C=O)Cc2cn[nH]c2C[C@@H]1C=O. The molecule has 0 radical (unpaired) electrons. The Morgan fingerprint density at radius 1 is 1.25 bits per heavy atom. The number of carbonyl (C=O) groups is 2. The van der Waals surface area contributed by atoms with Crippen LogP contribution in [-0.4, -0.2) is 22.8 Å². The van der Waals surface area contributed by atoms with Crippen LogP contribution in [0.15, 0.2) is 18.3 Å². The zero-order chi connectivity index (χ0) is 16.9. The fourth-order valence-electron chi connectivity index (χ4n) is 5.91. The summed E-state index contributed by atoms with van der Waals surface area (Å²) in [6.07, 6.45) is 13.5. The fourth-order valence-corrected chi connectivity index (χ4v) is 5.91. The van der Waals surface area contributed by atoms with E-state index in [0.717, 1.165) is 44.1 Å². The van der Waals surface area contributed by atoms with E-state index in [4.69, 9.17) is 0 Å². The Kier molecular flexibility index (Phi) is 3.55. The van der Waals surface area contributed by atoms with Crippen molar-refractivity contribution in [2.24, 2.45) is 34.5 Å². The zero-order valence-corrected chi connectivity index (χ0v) is 14.5. The second-order valence-corrected chi connectivity index (χ2v) is 8.61. The molecule has 24 heavy (non-hydrogen) atoms. The van der Waals surface area contributed by atoms with E-state index in [1.54, 1.807) is 0 Å². The van der Waals surface area contributed by atoms with Gasteiger partial charge in [-0.25, -0.2) is 0 Å². The van der Waals surface area contributed by atoms with E-state index in [2.05, 4.69) is 36.2 Å². The van der Waals surface area contributed by atoms with Gasteiger partial charge in [-0.2, -0.15) is 5.10 Å². The van der Waals surface area contributed by atoms with Gasteiger partial charge in [0, 0.05) is 17.5 Å². The van der Waals surface area contributed by atoms with E-state index < -0.39 is 0 Å². The van der Waals surface area contributed by atoms with Crippen molar-refractivity contribution in [2.45, 2.75) is 46.0 Å². The molecule has 0 aromatic carbocycles. The van der Waals surface area contributed by atoms with Gasteiger partial charge in [0.05, 0.1) is 6.20 Å². The van der Waals surface area contributed by atoms with Gasteiger partial charge in [0.15, 0.2) is 0 Å². The minimum absolute atomic E-state index is 0.0413. The van der Waals surface area contributed by atoms with Crippen LogP contribution in [0.3, 0.4) is 0 Å². The zero-order valence-electron chi connectivity index (χ0n) is 14.5. The molecule has 4 nitrogen and oxygen atoms in total. The van der Waals surface area contributed by atoms with Crippen molar-refractivity contribution in [3.05, 3.63) is 29.6 Å². The molecule has 1 aromatic heterocycles. The van der Waals surface area contributed by atoms with Gasteiger partial charge in [-0.05, 0) is 60.3 Å². The van der Waals surface area contributed by atoms with Gasteiger partial charge in [0.25, 0.3) is 0 Å². The molecule has 128 valence electrons. The van der Waals surface area contributed by atoms with Crippen molar-refractivity contribution in [2.75, 3.05) is 0 Å². The second kappa shape index (κ2) is 5.40. The lowest BCUT2D eigenvalue weighted by molar-refractivity contribution is -0.129. The number of aromatic amines is 1. The van der Waals surface area contributed by atoms with Crippen LogP contribution < -0.4 is 0 Å². The van der Waals surface area contributed by atoms with Gasteiger partial charge < -0.3 is 9.59 Å². The minimum Gasteiger partial charge on any atom is -0.303 e. The first-order valence-corrected chi connectivity index (χ1v) is 9.11. The molecular weight excluding hydrogens is 300 g/mol. The van der Waals surface area contributed by atoms with Crippen molar-refractivity contribution >= 4 is 12.6 Å². The van der Waals surface area contributed by atoms with Crippen LogP contribution in [0.25, 0.3) is 0 Å². The first-order chi connectivity index (χ1) is 11.5. The lowest BCUT2D eigenvalue weighted by atomic mass is 9.50. The molecule has 0 saturated heterocycles. The smallest absolute Gasteiger partial charge is 0.124 e. The monoisotopic (exact) mass is 326 g/mol. The number of allylic oxidation sites excluding steroid dienone is 2. The number of fused-ring (bicyclic) bond motifs is 2. The minimum atomic E-state index is -0.159. The summed E-state index contributed by atoms with van der Waals surface area (Å²) < 4.78 is 0. The van der Waals surface area contributed by atoms with Crippen molar-refractivity contribution in [3.63, 3.8) is 0 Å². The molecule has 4 heteroatoms. The number of nitrogens with zero attached hydrogens (tertiary/aromatic N) is 1. The number of hydrogen-bond acceptors (Lipinski definition) is 3. The Balaban J connectivity index is 1.71.